The molecule has 0 aromatic carbocycles. The first-order valence-electron chi connectivity index (χ1n) is 8.82. The summed E-state index contributed by atoms with van der Waals surface area (Å²) in [6.45, 7) is 18.6. The first kappa shape index (κ1) is 16.3. The highest BCUT2D eigenvalue weighted by atomic mass is 15.2. The van der Waals surface area contributed by atoms with Gasteiger partial charge >= 0.3 is 0 Å². The van der Waals surface area contributed by atoms with Crippen molar-refractivity contribution in [2.75, 3.05) is 32.7 Å². The molecule has 20 heavy (non-hydrogen) atoms. The molecule has 0 radical (unpaired) electrons. The highest BCUT2D eigenvalue weighted by Gasteiger charge is 2.30. The second-order valence-corrected chi connectivity index (χ2v) is 8.54. The molecule has 0 aromatic rings. The highest BCUT2D eigenvalue weighted by Crippen LogP contribution is 2.34. The Morgan fingerprint density at radius 1 is 1.00 bits per heavy atom. The zero-order chi connectivity index (χ0) is 14.8. The number of nitrogens with zero attached hydrogens (tertiary/aromatic N) is 2. The summed E-state index contributed by atoms with van der Waals surface area (Å²) in [6, 6.07) is 0.726. The Labute approximate surface area is 126 Å². The monoisotopic (exact) mass is 280 g/mol. The molecule has 1 atom stereocenters. The van der Waals surface area contributed by atoms with Crippen LogP contribution in [0.25, 0.3) is 0 Å². The number of hydrogen-bond donors (Lipinski definition) is 0. The molecule has 2 nitrogen and oxygen atoms in total. The van der Waals surface area contributed by atoms with Crippen LogP contribution in [0.5, 0.6) is 0 Å². The first-order valence-corrected chi connectivity index (χ1v) is 8.82. The SMILES string of the molecule is CC(C)N1CCC[C@@H](CN2CCC(C(C)(C)C)CC2)C1. The molecule has 2 aliphatic heterocycles. The van der Waals surface area contributed by atoms with Gasteiger partial charge in [-0.1, -0.05) is 20.8 Å². The third-order valence-corrected chi connectivity index (χ3v) is 5.61. The van der Waals surface area contributed by atoms with Crippen LogP contribution in [0.3, 0.4) is 0 Å². The van der Waals surface area contributed by atoms with Gasteiger partial charge in [0.15, 0.2) is 0 Å². The maximum atomic E-state index is 2.75. The number of likely N-dealkylation sites (tertiary alicyclic amines) is 2. The Bertz CT molecular complexity index is 284. The van der Waals surface area contributed by atoms with E-state index >= 15 is 0 Å². The summed E-state index contributed by atoms with van der Waals surface area (Å²) in [5.74, 6) is 1.84. The fourth-order valence-electron chi connectivity index (χ4n) is 4.06. The van der Waals surface area contributed by atoms with E-state index < -0.39 is 0 Å². The molecule has 2 aliphatic rings. The second-order valence-electron chi connectivity index (χ2n) is 8.54. The topological polar surface area (TPSA) is 6.48 Å². The molecule has 0 bridgehead atoms. The predicted octanol–water partition coefficient (Wildman–Crippen LogP) is 3.86. The Morgan fingerprint density at radius 2 is 1.65 bits per heavy atom. The highest BCUT2D eigenvalue weighted by molar-refractivity contribution is 4.83. The molecule has 2 saturated heterocycles. The second kappa shape index (κ2) is 6.79. The molecule has 2 fully saturated rings. The first-order chi connectivity index (χ1) is 9.36. The lowest BCUT2D eigenvalue weighted by molar-refractivity contribution is 0.0727. The molecule has 0 unspecified atom stereocenters. The van der Waals surface area contributed by atoms with E-state index in [9.17, 15) is 0 Å². The van der Waals surface area contributed by atoms with Gasteiger partial charge in [-0.15, -0.1) is 0 Å². The summed E-state index contributed by atoms with van der Waals surface area (Å²) in [5.41, 5.74) is 0.505. The van der Waals surface area contributed by atoms with E-state index in [1.54, 1.807) is 0 Å². The van der Waals surface area contributed by atoms with E-state index in [1.807, 2.05) is 0 Å². The normalized spacial score (nSPS) is 28.2. The van der Waals surface area contributed by atoms with Crippen LogP contribution in [-0.2, 0) is 0 Å². The van der Waals surface area contributed by atoms with Crippen molar-refractivity contribution in [3.05, 3.63) is 0 Å². The maximum absolute atomic E-state index is 2.75. The van der Waals surface area contributed by atoms with Crippen LogP contribution < -0.4 is 0 Å². The zero-order valence-corrected chi connectivity index (χ0v) is 14.5. The van der Waals surface area contributed by atoms with E-state index in [0.717, 1.165) is 17.9 Å². The van der Waals surface area contributed by atoms with Gasteiger partial charge in [-0.05, 0) is 76.4 Å². The van der Waals surface area contributed by atoms with Gasteiger partial charge in [0.2, 0.25) is 0 Å². The summed E-state index contributed by atoms with van der Waals surface area (Å²) < 4.78 is 0. The van der Waals surface area contributed by atoms with Gasteiger partial charge in [0.1, 0.15) is 0 Å². The minimum atomic E-state index is 0.505. The van der Waals surface area contributed by atoms with E-state index in [-0.39, 0.29) is 0 Å². The summed E-state index contributed by atoms with van der Waals surface area (Å²) in [7, 11) is 0. The van der Waals surface area contributed by atoms with Crippen LogP contribution in [0.2, 0.25) is 0 Å². The van der Waals surface area contributed by atoms with Crippen molar-refractivity contribution in [3.8, 4) is 0 Å². The zero-order valence-electron chi connectivity index (χ0n) is 14.5. The summed E-state index contributed by atoms with van der Waals surface area (Å²) >= 11 is 0. The third-order valence-electron chi connectivity index (χ3n) is 5.61. The molecular weight excluding hydrogens is 244 g/mol. The maximum Gasteiger partial charge on any atom is 0.00387 e. The molecule has 0 aromatic heterocycles. The van der Waals surface area contributed by atoms with Gasteiger partial charge in [0.05, 0.1) is 0 Å². The lowest BCUT2D eigenvalue weighted by Crippen LogP contribution is -2.46. The smallest absolute Gasteiger partial charge is 0.00387 e. The van der Waals surface area contributed by atoms with Crippen molar-refractivity contribution in [1.82, 2.24) is 9.80 Å². The van der Waals surface area contributed by atoms with Gasteiger partial charge in [0.25, 0.3) is 0 Å². The average Bonchev–Trinajstić information content (AvgIpc) is 2.38. The molecule has 0 spiro atoms. The van der Waals surface area contributed by atoms with E-state index in [0.29, 0.717) is 5.41 Å². The van der Waals surface area contributed by atoms with Crippen LogP contribution >= 0.6 is 0 Å². The third kappa shape index (κ3) is 4.46. The molecule has 2 heterocycles. The van der Waals surface area contributed by atoms with Gasteiger partial charge in [-0.2, -0.15) is 0 Å². The van der Waals surface area contributed by atoms with Gasteiger partial charge in [-0.25, -0.2) is 0 Å². The van der Waals surface area contributed by atoms with E-state index in [1.165, 1.54) is 58.4 Å². The van der Waals surface area contributed by atoms with Crippen molar-refractivity contribution < 1.29 is 0 Å². The standard InChI is InChI=1S/C18H36N2/c1-15(2)20-10-6-7-16(14-20)13-19-11-8-17(9-12-19)18(3,4)5/h15-17H,6-14H2,1-5H3/t16-/m0/s1. The molecule has 0 saturated carbocycles. The predicted molar refractivity (Wildman–Crippen MR) is 88.1 cm³/mol. The Kier molecular flexibility index (Phi) is 5.53. The molecule has 0 aliphatic carbocycles. The number of piperidine rings is 2. The Morgan fingerprint density at radius 3 is 2.20 bits per heavy atom. The molecule has 2 heteroatoms. The van der Waals surface area contributed by atoms with Crippen LogP contribution in [-0.4, -0.2) is 48.6 Å². The fourth-order valence-corrected chi connectivity index (χ4v) is 4.06. The van der Waals surface area contributed by atoms with Gasteiger partial charge in [-0.3, -0.25) is 0 Å². The van der Waals surface area contributed by atoms with Gasteiger partial charge in [0, 0.05) is 19.1 Å². The van der Waals surface area contributed by atoms with Crippen molar-refractivity contribution in [1.29, 1.82) is 0 Å². The summed E-state index contributed by atoms with van der Waals surface area (Å²) in [5, 5.41) is 0. The molecule has 2 rings (SSSR count). The number of hydrogen-bond acceptors (Lipinski definition) is 2. The summed E-state index contributed by atoms with van der Waals surface area (Å²) in [4.78, 5) is 5.42. The average molecular weight is 280 g/mol. The minimum absolute atomic E-state index is 0.505. The van der Waals surface area contributed by atoms with Crippen LogP contribution in [0.15, 0.2) is 0 Å². The number of rotatable bonds is 3. The van der Waals surface area contributed by atoms with E-state index in [4.69, 9.17) is 0 Å². The van der Waals surface area contributed by atoms with Gasteiger partial charge < -0.3 is 9.80 Å². The van der Waals surface area contributed by atoms with Crippen LogP contribution in [0.1, 0.15) is 60.3 Å². The van der Waals surface area contributed by atoms with Crippen molar-refractivity contribution in [2.45, 2.75) is 66.3 Å². The quantitative estimate of drug-likeness (QED) is 0.774. The minimum Gasteiger partial charge on any atom is -0.303 e. The van der Waals surface area contributed by atoms with Crippen molar-refractivity contribution in [3.63, 3.8) is 0 Å². The fraction of sp³-hybridized carbons (Fsp3) is 1.00. The largest absolute Gasteiger partial charge is 0.303 e. The van der Waals surface area contributed by atoms with Crippen molar-refractivity contribution in [2.24, 2.45) is 17.3 Å². The summed E-state index contributed by atoms with van der Waals surface area (Å²) in [6.07, 6.45) is 5.66. The molecule has 0 N–H and O–H groups in total. The van der Waals surface area contributed by atoms with Crippen LogP contribution in [0, 0.1) is 17.3 Å². The Balaban J connectivity index is 1.75. The lowest BCUT2D eigenvalue weighted by atomic mass is 9.75. The van der Waals surface area contributed by atoms with E-state index in [2.05, 4.69) is 44.4 Å². The lowest BCUT2D eigenvalue weighted by Gasteiger charge is -2.42. The molecular formula is C18H36N2. The Hall–Kier alpha value is -0.0800. The molecule has 0 amide bonds. The van der Waals surface area contributed by atoms with Crippen LogP contribution in [0.4, 0.5) is 0 Å². The van der Waals surface area contributed by atoms with Crippen molar-refractivity contribution >= 4 is 0 Å². The molecule has 118 valence electrons.